The summed E-state index contributed by atoms with van der Waals surface area (Å²) in [6.45, 7) is 4.41. The van der Waals surface area contributed by atoms with Gasteiger partial charge in [-0.2, -0.15) is 0 Å². The predicted octanol–water partition coefficient (Wildman–Crippen LogP) is 4.95. The van der Waals surface area contributed by atoms with Gasteiger partial charge in [0.15, 0.2) is 0 Å². The van der Waals surface area contributed by atoms with Crippen LogP contribution < -0.4 is 5.73 Å². The Balaban J connectivity index is 2.28. The van der Waals surface area contributed by atoms with Crippen LogP contribution in [0.2, 0.25) is 0 Å². The van der Waals surface area contributed by atoms with Gasteiger partial charge in [0.05, 0.1) is 0 Å². The van der Waals surface area contributed by atoms with Crippen LogP contribution in [0, 0.1) is 0 Å². The third-order valence-corrected chi connectivity index (χ3v) is 3.97. The van der Waals surface area contributed by atoms with Crippen LogP contribution in [0.15, 0.2) is 42.0 Å². The van der Waals surface area contributed by atoms with Crippen LogP contribution in [0.25, 0.3) is 0 Å². The number of unbranched alkanes of at least 4 members (excludes halogenated alkanes) is 3. The van der Waals surface area contributed by atoms with Gasteiger partial charge in [-0.25, -0.2) is 0 Å². The lowest BCUT2D eigenvalue weighted by Gasteiger charge is -2.11. The van der Waals surface area contributed by atoms with E-state index in [1.165, 1.54) is 18.4 Å². The third-order valence-electron chi connectivity index (χ3n) is 3.97. The third kappa shape index (κ3) is 7.12. The summed E-state index contributed by atoms with van der Waals surface area (Å²) in [5, 5.41) is 0. The fraction of sp³-hybridized carbons (Fsp3) is 0.526. The SMILES string of the molecule is CCCCC(=CCCCCC(C)c1ccccc1)C(N)=O. The van der Waals surface area contributed by atoms with Crippen LogP contribution in [-0.2, 0) is 4.79 Å². The normalized spacial score (nSPS) is 13.1. The molecular weight excluding hydrogens is 258 g/mol. The molecule has 1 atom stereocenters. The summed E-state index contributed by atoms with van der Waals surface area (Å²) in [6.07, 6.45) is 9.48. The molecule has 0 bridgehead atoms. The molecule has 0 aliphatic heterocycles. The Bertz CT molecular complexity index is 436. The maximum atomic E-state index is 11.3. The summed E-state index contributed by atoms with van der Waals surface area (Å²) < 4.78 is 0. The first-order chi connectivity index (χ1) is 10.1. The molecule has 2 heteroatoms. The lowest BCUT2D eigenvalue weighted by Crippen LogP contribution is -2.13. The summed E-state index contributed by atoms with van der Waals surface area (Å²) in [4.78, 5) is 11.3. The predicted molar refractivity (Wildman–Crippen MR) is 90.1 cm³/mol. The number of carbonyl (C=O) groups excluding carboxylic acids is 1. The highest BCUT2D eigenvalue weighted by Gasteiger charge is 2.05. The van der Waals surface area contributed by atoms with Gasteiger partial charge in [0.25, 0.3) is 0 Å². The van der Waals surface area contributed by atoms with Crippen molar-refractivity contribution in [2.24, 2.45) is 5.73 Å². The number of nitrogens with two attached hydrogens (primary N) is 1. The van der Waals surface area contributed by atoms with Crippen molar-refractivity contribution in [3.8, 4) is 0 Å². The number of benzene rings is 1. The molecule has 21 heavy (non-hydrogen) atoms. The van der Waals surface area contributed by atoms with Crippen molar-refractivity contribution in [1.29, 1.82) is 0 Å². The van der Waals surface area contributed by atoms with Crippen LogP contribution in [0.5, 0.6) is 0 Å². The van der Waals surface area contributed by atoms with E-state index in [-0.39, 0.29) is 5.91 Å². The molecule has 1 aromatic rings. The standard InChI is InChI=1S/C19H29NO/c1-3-4-12-18(19(20)21)15-10-5-7-11-16(2)17-13-8-6-9-14-17/h6,8-9,13-16H,3-5,7,10-12H2,1-2H3,(H2,20,21). The van der Waals surface area contributed by atoms with Crippen molar-refractivity contribution in [2.45, 2.75) is 64.7 Å². The van der Waals surface area contributed by atoms with Gasteiger partial charge in [-0.1, -0.05) is 63.1 Å². The molecule has 0 aromatic heterocycles. The van der Waals surface area contributed by atoms with Gasteiger partial charge >= 0.3 is 0 Å². The van der Waals surface area contributed by atoms with E-state index in [1.807, 2.05) is 6.08 Å². The molecule has 0 radical (unpaired) electrons. The molecule has 0 aliphatic carbocycles. The monoisotopic (exact) mass is 287 g/mol. The fourth-order valence-electron chi connectivity index (χ4n) is 2.51. The number of amides is 1. The Kier molecular flexibility index (Phi) is 8.49. The van der Waals surface area contributed by atoms with Crippen molar-refractivity contribution in [1.82, 2.24) is 0 Å². The van der Waals surface area contributed by atoms with Crippen LogP contribution in [0.4, 0.5) is 0 Å². The van der Waals surface area contributed by atoms with E-state index >= 15 is 0 Å². The molecule has 1 rings (SSSR count). The average molecular weight is 287 g/mol. The molecule has 1 aromatic carbocycles. The molecule has 2 N–H and O–H groups in total. The largest absolute Gasteiger partial charge is 0.366 e. The first-order valence-corrected chi connectivity index (χ1v) is 8.19. The molecule has 1 amide bonds. The zero-order valence-electron chi connectivity index (χ0n) is 13.5. The van der Waals surface area contributed by atoms with Crippen LogP contribution >= 0.6 is 0 Å². The lowest BCUT2D eigenvalue weighted by atomic mass is 9.95. The molecule has 2 nitrogen and oxygen atoms in total. The van der Waals surface area contributed by atoms with Crippen LogP contribution in [-0.4, -0.2) is 5.91 Å². The lowest BCUT2D eigenvalue weighted by molar-refractivity contribution is -0.114. The number of rotatable bonds is 10. The molecule has 0 fully saturated rings. The first-order valence-electron chi connectivity index (χ1n) is 8.19. The molecule has 0 spiro atoms. The van der Waals surface area contributed by atoms with E-state index in [2.05, 4.69) is 44.2 Å². The highest BCUT2D eigenvalue weighted by Crippen LogP contribution is 2.21. The van der Waals surface area contributed by atoms with Crippen molar-refractivity contribution in [3.63, 3.8) is 0 Å². The number of hydrogen-bond acceptors (Lipinski definition) is 1. The van der Waals surface area contributed by atoms with Crippen LogP contribution in [0.3, 0.4) is 0 Å². The molecule has 0 heterocycles. The fourth-order valence-corrected chi connectivity index (χ4v) is 2.51. The Hall–Kier alpha value is -1.57. The van der Waals surface area contributed by atoms with Crippen molar-refractivity contribution >= 4 is 5.91 Å². The molecule has 1 unspecified atom stereocenters. The second-order valence-electron chi connectivity index (χ2n) is 5.79. The smallest absolute Gasteiger partial charge is 0.244 e. The van der Waals surface area contributed by atoms with Gasteiger partial charge in [-0.05, 0) is 43.6 Å². The van der Waals surface area contributed by atoms with Gasteiger partial charge in [-0.15, -0.1) is 0 Å². The minimum absolute atomic E-state index is 0.249. The van der Waals surface area contributed by atoms with Gasteiger partial charge in [0.1, 0.15) is 0 Å². The van der Waals surface area contributed by atoms with E-state index < -0.39 is 0 Å². The summed E-state index contributed by atoms with van der Waals surface area (Å²) in [6, 6.07) is 10.6. The Labute approximate surface area is 129 Å². The highest BCUT2D eigenvalue weighted by atomic mass is 16.1. The minimum Gasteiger partial charge on any atom is -0.366 e. The molecule has 0 saturated carbocycles. The van der Waals surface area contributed by atoms with Gasteiger partial charge in [-0.3, -0.25) is 4.79 Å². The Morgan fingerprint density at radius 1 is 1.19 bits per heavy atom. The van der Waals surface area contributed by atoms with E-state index in [9.17, 15) is 4.79 Å². The molecular formula is C19H29NO. The maximum Gasteiger partial charge on any atom is 0.244 e. The van der Waals surface area contributed by atoms with Crippen molar-refractivity contribution < 1.29 is 4.79 Å². The summed E-state index contributed by atoms with van der Waals surface area (Å²) >= 11 is 0. The Morgan fingerprint density at radius 3 is 2.52 bits per heavy atom. The zero-order chi connectivity index (χ0) is 15.5. The molecule has 0 saturated heterocycles. The van der Waals surface area contributed by atoms with Crippen molar-refractivity contribution in [2.75, 3.05) is 0 Å². The maximum absolute atomic E-state index is 11.3. The van der Waals surface area contributed by atoms with Crippen LogP contribution in [0.1, 0.15) is 70.3 Å². The highest BCUT2D eigenvalue weighted by molar-refractivity contribution is 5.91. The van der Waals surface area contributed by atoms with E-state index in [0.29, 0.717) is 5.92 Å². The quantitative estimate of drug-likeness (QED) is 0.480. The van der Waals surface area contributed by atoms with E-state index in [1.54, 1.807) is 0 Å². The zero-order valence-corrected chi connectivity index (χ0v) is 13.5. The second-order valence-corrected chi connectivity index (χ2v) is 5.79. The van der Waals surface area contributed by atoms with E-state index in [0.717, 1.165) is 37.7 Å². The average Bonchev–Trinajstić information content (AvgIpc) is 2.50. The number of primary amides is 1. The first kappa shape index (κ1) is 17.5. The van der Waals surface area contributed by atoms with Gasteiger partial charge in [0, 0.05) is 5.57 Å². The Morgan fingerprint density at radius 2 is 1.90 bits per heavy atom. The summed E-state index contributed by atoms with van der Waals surface area (Å²) in [5.41, 5.74) is 7.63. The number of hydrogen-bond donors (Lipinski definition) is 1. The van der Waals surface area contributed by atoms with Crippen molar-refractivity contribution in [3.05, 3.63) is 47.5 Å². The topological polar surface area (TPSA) is 43.1 Å². The number of carbonyl (C=O) groups is 1. The number of allylic oxidation sites excluding steroid dienone is 1. The second kappa shape index (κ2) is 10.2. The van der Waals surface area contributed by atoms with E-state index in [4.69, 9.17) is 5.73 Å². The summed E-state index contributed by atoms with van der Waals surface area (Å²) in [7, 11) is 0. The summed E-state index contributed by atoms with van der Waals surface area (Å²) in [5.74, 6) is 0.354. The molecule has 116 valence electrons. The van der Waals surface area contributed by atoms with Gasteiger partial charge in [0.2, 0.25) is 5.91 Å². The minimum atomic E-state index is -0.249. The van der Waals surface area contributed by atoms with Gasteiger partial charge < -0.3 is 5.73 Å². The molecule has 0 aliphatic rings.